The number of carbonyl (C=O) groups is 3. The molecular formula is C26H28N2O5. The fourth-order valence-corrected chi connectivity index (χ4v) is 5.10. The number of carbonyl (C=O) groups excluding carboxylic acids is 3. The standard InChI is InChI=1S/C26H28N2O5/c1-15(2)23(28-24(29)18-7-4-5-8-19(18)25(28)30)26(31)27-10-9-17-13-21-22(14-20(17)16(27)3)33-12-6-11-32-21/h4-5,7-8,13-16,23H,6,9-12H2,1-3H3/t16-,23-/m0/s1. The average Bonchev–Trinajstić information content (AvgIpc) is 2.95. The van der Waals surface area contributed by atoms with Crippen molar-refractivity contribution in [3.63, 3.8) is 0 Å². The molecule has 33 heavy (non-hydrogen) atoms. The normalized spacial score (nSPS) is 20.4. The van der Waals surface area contributed by atoms with Crippen LogP contribution in [0.4, 0.5) is 0 Å². The Labute approximate surface area is 193 Å². The van der Waals surface area contributed by atoms with E-state index >= 15 is 0 Å². The van der Waals surface area contributed by atoms with Gasteiger partial charge in [-0.15, -0.1) is 0 Å². The van der Waals surface area contributed by atoms with Crippen LogP contribution in [0.5, 0.6) is 11.5 Å². The SMILES string of the molecule is CC(C)[C@@H](C(=O)N1CCc2cc3c(cc2[C@@H]1C)OCCCO3)N1C(=O)c2ccccc2C1=O. The summed E-state index contributed by atoms with van der Waals surface area (Å²) in [5.41, 5.74) is 2.87. The monoisotopic (exact) mass is 448 g/mol. The molecule has 0 unspecified atom stereocenters. The number of benzene rings is 2. The lowest BCUT2D eigenvalue weighted by Gasteiger charge is -2.40. The summed E-state index contributed by atoms with van der Waals surface area (Å²) >= 11 is 0. The zero-order valence-electron chi connectivity index (χ0n) is 19.2. The molecule has 0 aliphatic carbocycles. The number of hydrogen-bond acceptors (Lipinski definition) is 5. The summed E-state index contributed by atoms with van der Waals surface area (Å²) in [5, 5.41) is 0. The van der Waals surface area contributed by atoms with E-state index in [9.17, 15) is 14.4 Å². The molecule has 3 aliphatic rings. The van der Waals surface area contributed by atoms with Crippen molar-refractivity contribution in [2.45, 2.75) is 45.7 Å². The summed E-state index contributed by atoms with van der Waals surface area (Å²) in [4.78, 5) is 43.0. The molecule has 7 nitrogen and oxygen atoms in total. The van der Waals surface area contributed by atoms with Crippen LogP contribution in [-0.2, 0) is 11.2 Å². The van der Waals surface area contributed by atoms with Crippen LogP contribution < -0.4 is 9.47 Å². The Hall–Kier alpha value is -3.35. The van der Waals surface area contributed by atoms with Gasteiger partial charge in [0, 0.05) is 13.0 Å². The zero-order chi connectivity index (χ0) is 23.3. The van der Waals surface area contributed by atoms with E-state index in [1.807, 2.05) is 32.9 Å². The molecule has 5 rings (SSSR count). The van der Waals surface area contributed by atoms with Crippen molar-refractivity contribution in [2.75, 3.05) is 19.8 Å². The average molecular weight is 449 g/mol. The molecule has 2 atom stereocenters. The maximum atomic E-state index is 13.9. The number of ether oxygens (including phenoxy) is 2. The van der Waals surface area contributed by atoms with Crippen molar-refractivity contribution in [1.82, 2.24) is 9.80 Å². The van der Waals surface area contributed by atoms with Crippen LogP contribution in [0.3, 0.4) is 0 Å². The Morgan fingerprint density at radius 3 is 2.21 bits per heavy atom. The second-order valence-electron chi connectivity index (χ2n) is 9.22. The number of hydrogen-bond donors (Lipinski definition) is 0. The first-order valence-corrected chi connectivity index (χ1v) is 11.6. The Morgan fingerprint density at radius 2 is 1.61 bits per heavy atom. The van der Waals surface area contributed by atoms with E-state index in [4.69, 9.17) is 9.47 Å². The molecule has 2 aromatic carbocycles. The molecule has 0 saturated carbocycles. The first kappa shape index (κ1) is 21.5. The van der Waals surface area contributed by atoms with Gasteiger partial charge in [-0.3, -0.25) is 19.3 Å². The third-order valence-corrected chi connectivity index (χ3v) is 6.82. The van der Waals surface area contributed by atoms with Gasteiger partial charge in [0.05, 0.1) is 30.4 Å². The second-order valence-corrected chi connectivity index (χ2v) is 9.22. The van der Waals surface area contributed by atoms with Crippen molar-refractivity contribution in [2.24, 2.45) is 5.92 Å². The number of rotatable bonds is 3. The highest BCUT2D eigenvalue weighted by atomic mass is 16.5. The Morgan fingerprint density at radius 1 is 1.00 bits per heavy atom. The predicted molar refractivity (Wildman–Crippen MR) is 121 cm³/mol. The molecule has 3 heterocycles. The topological polar surface area (TPSA) is 76.2 Å². The third-order valence-electron chi connectivity index (χ3n) is 6.82. The minimum atomic E-state index is -0.859. The van der Waals surface area contributed by atoms with E-state index in [-0.39, 0.29) is 17.9 Å². The van der Waals surface area contributed by atoms with Crippen molar-refractivity contribution in [3.8, 4) is 11.5 Å². The van der Waals surface area contributed by atoms with Gasteiger partial charge < -0.3 is 14.4 Å². The minimum absolute atomic E-state index is 0.204. The molecule has 0 saturated heterocycles. The van der Waals surface area contributed by atoms with Crippen molar-refractivity contribution in [1.29, 1.82) is 0 Å². The Bertz CT molecular complexity index is 1110. The summed E-state index contributed by atoms with van der Waals surface area (Å²) in [5.74, 6) is 0.228. The molecule has 3 aliphatic heterocycles. The van der Waals surface area contributed by atoms with Gasteiger partial charge in [-0.25, -0.2) is 0 Å². The van der Waals surface area contributed by atoms with Crippen LogP contribution in [0, 0.1) is 5.92 Å². The molecular weight excluding hydrogens is 420 g/mol. The highest BCUT2D eigenvalue weighted by Crippen LogP contribution is 2.40. The van der Waals surface area contributed by atoms with Crippen LogP contribution in [-0.4, -0.2) is 53.3 Å². The van der Waals surface area contributed by atoms with E-state index in [0.717, 1.165) is 28.2 Å². The fourth-order valence-electron chi connectivity index (χ4n) is 5.10. The number of amides is 3. The van der Waals surface area contributed by atoms with Gasteiger partial charge in [-0.05, 0) is 54.7 Å². The first-order valence-electron chi connectivity index (χ1n) is 11.6. The van der Waals surface area contributed by atoms with Gasteiger partial charge in [0.2, 0.25) is 5.91 Å². The number of imide groups is 1. The van der Waals surface area contributed by atoms with Crippen LogP contribution in [0.25, 0.3) is 0 Å². The summed E-state index contributed by atoms with van der Waals surface area (Å²) in [6, 6.07) is 9.69. The quantitative estimate of drug-likeness (QED) is 0.671. The van der Waals surface area contributed by atoms with Crippen molar-refractivity contribution >= 4 is 17.7 Å². The summed E-state index contributed by atoms with van der Waals surface area (Å²) in [6.07, 6.45) is 1.50. The maximum absolute atomic E-state index is 13.9. The van der Waals surface area contributed by atoms with Crippen LogP contribution in [0.2, 0.25) is 0 Å². The fraction of sp³-hybridized carbons (Fsp3) is 0.423. The highest BCUT2D eigenvalue weighted by molar-refractivity contribution is 6.22. The molecule has 7 heteroatoms. The van der Waals surface area contributed by atoms with Gasteiger partial charge in [-0.1, -0.05) is 26.0 Å². The molecule has 0 N–H and O–H groups in total. The largest absolute Gasteiger partial charge is 0.490 e. The molecule has 172 valence electrons. The van der Waals surface area contributed by atoms with Gasteiger partial charge in [0.15, 0.2) is 11.5 Å². The lowest BCUT2D eigenvalue weighted by molar-refractivity contribution is -0.139. The van der Waals surface area contributed by atoms with Crippen LogP contribution in [0.1, 0.15) is 65.1 Å². The summed E-state index contributed by atoms with van der Waals surface area (Å²) in [7, 11) is 0. The van der Waals surface area contributed by atoms with E-state index in [0.29, 0.717) is 43.1 Å². The number of fused-ring (bicyclic) bond motifs is 3. The first-order chi connectivity index (χ1) is 15.9. The van der Waals surface area contributed by atoms with Gasteiger partial charge in [0.1, 0.15) is 6.04 Å². The van der Waals surface area contributed by atoms with Crippen molar-refractivity contribution in [3.05, 3.63) is 58.7 Å². The van der Waals surface area contributed by atoms with Gasteiger partial charge >= 0.3 is 0 Å². The van der Waals surface area contributed by atoms with Crippen molar-refractivity contribution < 1.29 is 23.9 Å². The molecule has 0 radical (unpaired) electrons. The van der Waals surface area contributed by atoms with E-state index in [1.54, 1.807) is 29.2 Å². The highest BCUT2D eigenvalue weighted by Gasteiger charge is 2.46. The second kappa shape index (κ2) is 8.21. The molecule has 0 aromatic heterocycles. The van der Waals surface area contributed by atoms with E-state index in [1.165, 1.54) is 0 Å². The lowest BCUT2D eigenvalue weighted by Crippen LogP contribution is -2.55. The van der Waals surface area contributed by atoms with Gasteiger partial charge in [0.25, 0.3) is 11.8 Å². The zero-order valence-corrected chi connectivity index (χ0v) is 19.2. The van der Waals surface area contributed by atoms with Crippen LogP contribution in [0.15, 0.2) is 36.4 Å². The summed E-state index contributed by atoms with van der Waals surface area (Å²) < 4.78 is 11.7. The minimum Gasteiger partial charge on any atom is -0.490 e. The summed E-state index contributed by atoms with van der Waals surface area (Å²) in [6.45, 7) is 7.47. The molecule has 0 spiro atoms. The third kappa shape index (κ3) is 3.46. The molecule has 3 amide bonds. The Kier molecular flexibility index (Phi) is 5.35. The smallest absolute Gasteiger partial charge is 0.262 e. The Balaban J connectivity index is 1.46. The molecule has 0 fully saturated rings. The van der Waals surface area contributed by atoms with E-state index < -0.39 is 17.9 Å². The van der Waals surface area contributed by atoms with Gasteiger partial charge in [-0.2, -0.15) is 0 Å². The lowest BCUT2D eigenvalue weighted by atomic mass is 9.91. The molecule has 0 bridgehead atoms. The predicted octanol–water partition coefficient (Wildman–Crippen LogP) is 3.61. The molecule has 2 aromatic rings. The van der Waals surface area contributed by atoms with E-state index in [2.05, 4.69) is 0 Å². The van der Waals surface area contributed by atoms with Crippen LogP contribution >= 0.6 is 0 Å². The maximum Gasteiger partial charge on any atom is 0.262 e. The number of nitrogens with zero attached hydrogens (tertiary/aromatic N) is 2.